The molecule has 1 aromatic rings. The summed E-state index contributed by atoms with van der Waals surface area (Å²) in [4.78, 5) is 0. The second-order valence-corrected chi connectivity index (χ2v) is 3.48. The molecule has 1 rings (SSSR count). The van der Waals surface area contributed by atoms with Gasteiger partial charge >= 0.3 is 0 Å². The number of aliphatic hydroxyl groups is 1. The maximum absolute atomic E-state index is 9.03. The number of benzene rings is 1. The second kappa shape index (κ2) is 6.30. The molecule has 1 aromatic carbocycles. The van der Waals surface area contributed by atoms with Gasteiger partial charge in [-0.1, -0.05) is 6.92 Å². The van der Waals surface area contributed by atoms with E-state index in [0.717, 1.165) is 24.5 Å². The summed E-state index contributed by atoms with van der Waals surface area (Å²) in [5.41, 5.74) is 0. The molecule has 15 heavy (non-hydrogen) atoms. The van der Waals surface area contributed by atoms with Crippen molar-refractivity contribution in [2.24, 2.45) is 0 Å². The van der Waals surface area contributed by atoms with E-state index < -0.39 is 6.10 Å². The first-order valence-electron chi connectivity index (χ1n) is 5.26. The normalized spacial score (nSPS) is 12.2. The smallest absolute Gasteiger partial charge is 0.119 e. The van der Waals surface area contributed by atoms with E-state index in [1.54, 1.807) is 6.92 Å². The number of ether oxygens (including phenoxy) is 2. The van der Waals surface area contributed by atoms with E-state index in [2.05, 4.69) is 6.92 Å². The standard InChI is InChI=1S/C12H18O3/c1-3-8-14-11-4-6-12(7-5-11)15-9-10(2)13/h4-7,10,13H,3,8-9H2,1-2H3/t10-/m1/s1. The molecule has 0 unspecified atom stereocenters. The molecule has 0 saturated heterocycles. The third kappa shape index (κ3) is 4.70. The molecule has 0 radical (unpaired) electrons. The number of aliphatic hydroxyl groups excluding tert-OH is 1. The van der Waals surface area contributed by atoms with E-state index in [0.29, 0.717) is 6.61 Å². The van der Waals surface area contributed by atoms with E-state index >= 15 is 0 Å². The minimum atomic E-state index is -0.444. The van der Waals surface area contributed by atoms with Crippen LogP contribution in [0.1, 0.15) is 20.3 Å². The highest BCUT2D eigenvalue weighted by molar-refractivity contribution is 5.31. The average molecular weight is 210 g/mol. The molecular weight excluding hydrogens is 192 g/mol. The zero-order valence-electron chi connectivity index (χ0n) is 9.27. The van der Waals surface area contributed by atoms with E-state index in [1.807, 2.05) is 24.3 Å². The Bertz CT molecular complexity index is 267. The topological polar surface area (TPSA) is 38.7 Å². The van der Waals surface area contributed by atoms with Crippen molar-refractivity contribution in [1.29, 1.82) is 0 Å². The zero-order valence-corrected chi connectivity index (χ0v) is 9.27. The van der Waals surface area contributed by atoms with Crippen LogP contribution in [0.4, 0.5) is 0 Å². The Morgan fingerprint density at radius 1 is 1.13 bits per heavy atom. The Morgan fingerprint density at radius 3 is 2.13 bits per heavy atom. The van der Waals surface area contributed by atoms with Gasteiger partial charge in [0.1, 0.15) is 18.1 Å². The Kier molecular flexibility index (Phi) is 4.98. The maximum Gasteiger partial charge on any atom is 0.119 e. The van der Waals surface area contributed by atoms with Crippen LogP contribution in [0, 0.1) is 0 Å². The van der Waals surface area contributed by atoms with Gasteiger partial charge in [-0.25, -0.2) is 0 Å². The summed E-state index contributed by atoms with van der Waals surface area (Å²) in [5, 5.41) is 9.03. The van der Waals surface area contributed by atoms with E-state index in [-0.39, 0.29) is 0 Å². The lowest BCUT2D eigenvalue weighted by molar-refractivity contribution is 0.122. The van der Waals surface area contributed by atoms with Gasteiger partial charge in [-0.3, -0.25) is 0 Å². The molecule has 0 amide bonds. The van der Waals surface area contributed by atoms with E-state index in [9.17, 15) is 0 Å². The molecule has 0 bridgehead atoms. The van der Waals surface area contributed by atoms with Gasteiger partial charge in [0.05, 0.1) is 12.7 Å². The van der Waals surface area contributed by atoms with Gasteiger partial charge in [0.15, 0.2) is 0 Å². The van der Waals surface area contributed by atoms with Crippen LogP contribution in [0.15, 0.2) is 24.3 Å². The predicted molar refractivity (Wildman–Crippen MR) is 59.4 cm³/mol. The largest absolute Gasteiger partial charge is 0.494 e. The lowest BCUT2D eigenvalue weighted by atomic mass is 10.3. The SMILES string of the molecule is CCCOc1ccc(OC[C@@H](C)O)cc1. The second-order valence-electron chi connectivity index (χ2n) is 3.48. The summed E-state index contributed by atoms with van der Waals surface area (Å²) in [6, 6.07) is 7.42. The average Bonchev–Trinajstić information content (AvgIpc) is 2.25. The minimum Gasteiger partial charge on any atom is -0.494 e. The Morgan fingerprint density at radius 2 is 1.67 bits per heavy atom. The predicted octanol–water partition coefficient (Wildman–Crippen LogP) is 2.24. The van der Waals surface area contributed by atoms with Gasteiger partial charge in [0, 0.05) is 0 Å². The highest BCUT2D eigenvalue weighted by Crippen LogP contribution is 2.17. The van der Waals surface area contributed by atoms with Crippen LogP contribution in [-0.4, -0.2) is 24.4 Å². The molecule has 0 heterocycles. The van der Waals surface area contributed by atoms with Crippen molar-refractivity contribution in [3.63, 3.8) is 0 Å². The number of hydrogen-bond donors (Lipinski definition) is 1. The van der Waals surface area contributed by atoms with Gasteiger partial charge in [0.25, 0.3) is 0 Å². The monoisotopic (exact) mass is 210 g/mol. The molecule has 1 atom stereocenters. The molecule has 0 saturated carbocycles. The highest BCUT2D eigenvalue weighted by atomic mass is 16.5. The Hall–Kier alpha value is -1.22. The molecule has 0 spiro atoms. The van der Waals surface area contributed by atoms with Crippen LogP contribution in [-0.2, 0) is 0 Å². The van der Waals surface area contributed by atoms with E-state index in [4.69, 9.17) is 14.6 Å². The molecule has 0 aliphatic rings. The first-order valence-corrected chi connectivity index (χ1v) is 5.26. The molecule has 0 aliphatic carbocycles. The Balaban J connectivity index is 2.41. The lowest BCUT2D eigenvalue weighted by Crippen LogP contribution is -2.12. The van der Waals surface area contributed by atoms with Crippen molar-refractivity contribution in [1.82, 2.24) is 0 Å². The van der Waals surface area contributed by atoms with Crippen molar-refractivity contribution in [2.45, 2.75) is 26.4 Å². The fourth-order valence-corrected chi connectivity index (χ4v) is 1.07. The molecule has 0 fully saturated rings. The van der Waals surface area contributed by atoms with Crippen LogP contribution in [0.25, 0.3) is 0 Å². The fraction of sp³-hybridized carbons (Fsp3) is 0.500. The third-order valence-electron chi connectivity index (χ3n) is 1.79. The van der Waals surface area contributed by atoms with Crippen molar-refractivity contribution in [3.8, 4) is 11.5 Å². The summed E-state index contributed by atoms with van der Waals surface area (Å²) < 4.78 is 10.8. The third-order valence-corrected chi connectivity index (χ3v) is 1.79. The highest BCUT2D eigenvalue weighted by Gasteiger charge is 1.98. The first kappa shape index (κ1) is 11.9. The summed E-state index contributed by atoms with van der Waals surface area (Å²) in [5.74, 6) is 1.60. The minimum absolute atomic E-state index is 0.315. The molecule has 3 heteroatoms. The lowest BCUT2D eigenvalue weighted by Gasteiger charge is -2.09. The van der Waals surface area contributed by atoms with Gasteiger partial charge < -0.3 is 14.6 Å². The van der Waals surface area contributed by atoms with Crippen LogP contribution >= 0.6 is 0 Å². The Labute approximate surface area is 90.6 Å². The van der Waals surface area contributed by atoms with Crippen LogP contribution in [0.3, 0.4) is 0 Å². The first-order chi connectivity index (χ1) is 7.22. The molecular formula is C12H18O3. The quantitative estimate of drug-likeness (QED) is 0.782. The molecule has 3 nitrogen and oxygen atoms in total. The summed E-state index contributed by atoms with van der Waals surface area (Å²) in [6.45, 7) is 4.81. The zero-order chi connectivity index (χ0) is 11.1. The summed E-state index contributed by atoms with van der Waals surface area (Å²) in [6.07, 6.45) is 0.557. The van der Waals surface area contributed by atoms with Crippen molar-refractivity contribution >= 4 is 0 Å². The molecule has 0 aromatic heterocycles. The van der Waals surface area contributed by atoms with Crippen molar-refractivity contribution in [2.75, 3.05) is 13.2 Å². The van der Waals surface area contributed by atoms with Gasteiger partial charge in [0.2, 0.25) is 0 Å². The molecule has 84 valence electrons. The molecule has 1 N–H and O–H groups in total. The summed E-state index contributed by atoms with van der Waals surface area (Å²) in [7, 11) is 0. The van der Waals surface area contributed by atoms with Crippen LogP contribution < -0.4 is 9.47 Å². The van der Waals surface area contributed by atoms with Crippen molar-refractivity contribution < 1.29 is 14.6 Å². The van der Waals surface area contributed by atoms with Gasteiger partial charge in [-0.05, 0) is 37.6 Å². The summed E-state index contributed by atoms with van der Waals surface area (Å²) >= 11 is 0. The van der Waals surface area contributed by atoms with E-state index in [1.165, 1.54) is 0 Å². The van der Waals surface area contributed by atoms with Crippen LogP contribution in [0.5, 0.6) is 11.5 Å². The number of hydrogen-bond acceptors (Lipinski definition) is 3. The number of rotatable bonds is 6. The van der Waals surface area contributed by atoms with Gasteiger partial charge in [-0.15, -0.1) is 0 Å². The van der Waals surface area contributed by atoms with Crippen molar-refractivity contribution in [3.05, 3.63) is 24.3 Å². The van der Waals surface area contributed by atoms with Crippen LogP contribution in [0.2, 0.25) is 0 Å². The van der Waals surface area contributed by atoms with Gasteiger partial charge in [-0.2, -0.15) is 0 Å². The maximum atomic E-state index is 9.03. The fourth-order valence-electron chi connectivity index (χ4n) is 1.07. The molecule has 0 aliphatic heterocycles.